The number of carbonyl (C=O) groups excluding carboxylic acids is 1. The largest absolute Gasteiger partial charge is 0.409 e. The Bertz CT molecular complexity index is 285. The Morgan fingerprint density at radius 2 is 2.12 bits per heavy atom. The van der Waals surface area contributed by atoms with Crippen molar-refractivity contribution in [2.45, 2.75) is 39.5 Å². The highest BCUT2D eigenvalue weighted by Gasteiger charge is 2.49. The lowest BCUT2D eigenvalue weighted by Crippen LogP contribution is -2.55. The monoisotopic (exact) mass is 227 g/mol. The second-order valence-corrected chi connectivity index (χ2v) is 4.31. The fraction of sp³-hybridized carbons (Fsp3) is 0.818. The highest BCUT2D eigenvalue weighted by Crippen LogP contribution is 2.42. The van der Waals surface area contributed by atoms with Crippen molar-refractivity contribution >= 4 is 11.7 Å². The molecular weight excluding hydrogens is 206 g/mol. The van der Waals surface area contributed by atoms with Crippen LogP contribution in [0.3, 0.4) is 0 Å². The summed E-state index contributed by atoms with van der Waals surface area (Å²) in [5.41, 5.74) is 4.93. The molecule has 0 aromatic heterocycles. The van der Waals surface area contributed by atoms with Gasteiger partial charge in [0.1, 0.15) is 5.41 Å². The molecule has 1 saturated carbocycles. The van der Waals surface area contributed by atoms with Gasteiger partial charge in [0.05, 0.1) is 0 Å². The molecule has 0 bridgehead atoms. The van der Waals surface area contributed by atoms with Crippen LogP contribution >= 0.6 is 0 Å². The predicted octanol–water partition coefficient (Wildman–Crippen LogP) is 1.16. The number of nitrogens with two attached hydrogens (primary N) is 1. The Kier molecular flexibility index (Phi) is 4.15. The molecule has 0 heterocycles. The summed E-state index contributed by atoms with van der Waals surface area (Å²) < 4.78 is 0. The van der Waals surface area contributed by atoms with Crippen molar-refractivity contribution in [2.24, 2.45) is 16.3 Å². The van der Waals surface area contributed by atoms with E-state index in [9.17, 15) is 4.79 Å². The number of carbonyl (C=O) groups is 1. The lowest BCUT2D eigenvalue weighted by molar-refractivity contribution is -0.142. The van der Waals surface area contributed by atoms with E-state index in [0.29, 0.717) is 19.4 Å². The van der Waals surface area contributed by atoms with E-state index in [0.717, 1.165) is 19.4 Å². The van der Waals surface area contributed by atoms with Crippen LogP contribution in [0.4, 0.5) is 0 Å². The molecule has 1 aliphatic carbocycles. The Morgan fingerprint density at radius 3 is 2.44 bits per heavy atom. The summed E-state index contributed by atoms with van der Waals surface area (Å²) in [5.74, 6) is 0.0803. The van der Waals surface area contributed by atoms with Crippen molar-refractivity contribution in [1.82, 2.24) is 4.90 Å². The molecule has 16 heavy (non-hydrogen) atoms. The van der Waals surface area contributed by atoms with Gasteiger partial charge in [0.2, 0.25) is 5.91 Å². The van der Waals surface area contributed by atoms with Crippen LogP contribution in [-0.4, -0.2) is 34.9 Å². The Labute approximate surface area is 96.3 Å². The number of oxime groups is 1. The van der Waals surface area contributed by atoms with Crippen LogP contribution in [0.15, 0.2) is 5.16 Å². The van der Waals surface area contributed by atoms with Gasteiger partial charge in [0.15, 0.2) is 5.84 Å². The van der Waals surface area contributed by atoms with E-state index in [1.165, 1.54) is 0 Å². The highest BCUT2D eigenvalue weighted by atomic mass is 16.4. The van der Waals surface area contributed by atoms with Gasteiger partial charge in [-0.25, -0.2) is 0 Å². The maximum Gasteiger partial charge on any atom is 0.236 e. The lowest BCUT2D eigenvalue weighted by atomic mass is 9.67. The van der Waals surface area contributed by atoms with Crippen molar-refractivity contribution in [3.8, 4) is 0 Å². The Hall–Kier alpha value is -1.26. The maximum atomic E-state index is 12.3. The van der Waals surface area contributed by atoms with Gasteiger partial charge in [-0.15, -0.1) is 0 Å². The molecule has 5 nitrogen and oxygen atoms in total. The summed E-state index contributed by atoms with van der Waals surface area (Å²) in [4.78, 5) is 14.1. The second kappa shape index (κ2) is 5.18. The number of amidine groups is 1. The van der Waals surface area contributed by atoms with Crippen LogP contribution < -0.4 is 5.73 Å². The number of hydrogen-bond acceptors (Lipinski definition) is 3. The third-order valence-corrected chi connectivity index (χ3v) is 3.38. The van der Waals surface area contributed by atoms with Crippen molar-refractivity contribution in [1.29, 1.82) is 0 Å². The van der Waals surface area contributed by atoms with Gasteiger partial charge in [-0.1, -0.05) is 18.5 Å². The summed E-state index contributed by atoms with van der Waals surface area (Å²) >= 11 is 0. The third kappa shape index (κ3) is 1.99. The highest BCUT2D eigenvalue weighted by molar-refractivity contribution is 6.07. The van der Waals surface area contributed by atoms with Crippen molar-refractivity contribution in [2.75, 3.05) is 13.1 Å². The summed E-state index contributed by atoms with van der Waals surface area (Å²) in [6, 6.07) is 0. The van der Waals surface area contributed by atoms with E-state index in [1.807, 2.05) is 13.8 Å². The van der Waals surface area contributed by atoms with Crippen LogP contribution in [0.2, 0.25) is 0 Å². The first-order valence-corrected chi connectivity index (χ1v) is 5.89. The Morgan fingerprint density at radius 1 is 1.50 bits per heavy atom. The minimum atomic E-state index is -0.722. The molecule has 0 aromatic rings. The summed E-state index contributed by atoms with van der Waals surface area (Å²) in [6.07, 6.45) is 3.28. The van der Waals surface area contributed by atoms with Gasteiger partial charge in [0.25, 0.3) is 0 Å². The van der Waals surface area contributed by atoms with Crippen molar-refractivity contribution in [3.63, 3.8) is 0 Å². The molecule has 0 saturated heterocycles. The molecule has 1 fully saturated rings. The molecular formula is C11H21N3O2. The van der Waals surface area contributed by atoms with Gasteiger partial charge in [-0.05, 0) is 26.2 Å². The van der Waals surface area contributed by atoms with E-state index in [-0.39, 0.29) is 11.7 Å². The fourth-order valence-electron chi connectivity index (χ4n) is 2.18. The number of rotatable bonds is 5. The molecule has 0 unspecified atom stereocenters. The van der Waals surface area contributed by atoms with Crippen LogP contribution in [0.1, 0.15) is 39.5 Å². The quantitative estimate of drug-likeness (QED) is 0.320. The molecule has 1 amide bonds. The van der Waals surface area contributed by atoms with Crippen LogP contribution in [0.25, 0.3) is 0 Å². The molecule has 0 aliphatic heterocycles. The zero-order valence-corrected chi connectivity index (χ0v) is 10.1. The molecule has 0 aromatic carbocycles. The third-order valence-electron chi connectivity index (χ3n) is 3.38. The molecule has 5 heteroatoms. The zero-order valence-electron chi connectivity index (χ0n) is 10.1. The standard InChI is InChI=1S/C11H21N3O2/c1-3-8-14(4-2)10(15)11(6-5-7-11)9(12)13-16/h16H,3-8H2,1-2H3,(H2,12,13). The van der Waals surface area contributed by atoms with E-state index >= 15 is 0 Å². The normalized spacial score (nSPS) is 19.0. The minimum Gasteiger partial charge on any atom is -0.409 e. The van der Waals surface area contributed by atoms with E-state index < -0.39 is 5.41 Å². The van der Waals surface area contributed by atoms with Gasteiger partial charge in [-0.2, -0.15) is 0 Å². The number of amides is 1. The van der Waals surface area contributed by atoms with E-state index in [2.05, 4.69) is 5.16 Å². The van der Waals surface area contributed by atoms with Gasteiger partial charge < -0.3 is 15.8 Å². The second-order valence-electron chi connectivity index (χ2n) is 4.31. The first-order chi connectivity index (χ1) is 7.62. The molecule has 0 radical (unpaired) electrons. The Balaban J connectivity index is 2.84. The first kappa shape index (κ1) is 12.8. The maximum absolute atomic E-state index is 12.3. The van der Waals surface area contributed by atoms with Crippen molar-refractivity contribution < 1.29 is 10.0 Å². The first-order valence-electron chi connectivity index (χ1n) is 5.89. The molecule has 1 aliphatic rings. The zero-order chi connectivity index (χ0) is 12.2. The summed E-state index contributed by atoms with van der Waals surface area (Å²) in [7, 11) is 0. The average Bonchev–Trinajstić information content (AvgIpc) is 2.23. The summed E-state index contributed by atoms with van der Waals surface area (Å²) in [5, 5.41) is 11.8. The van der Waals surface area contributed by atoms with Crippen LogP contribution in [-0.2, 0) is 4.79 Å². The predicted molar refractivity (Wildman–Crippen MR) is 62.2 cm³/mol. The minimum absolute atomic E-state index is 0.0124. The molecule has 0 atom stereocenters. The topological polar surface area (TPSA) is 78.9 Å². The number of nitrogens with zero attached hydrogens (tertiary/aromatic N) is 2. The number of hydrogen-bond donors (Lipinski definition) is 2. The van der Waals surface area contributed by atoms with Gasteiger partial charge in [0, 0.05) is 13.1 Å². The molecule has 1 rings (SSSR count). The van der Waals surface area contributed by atoms with Gasteiger partial charge in [-0.3, -0.25) is 4.79 Å². The van der Waals surface area contributed by atoms with E-state index in [4.69, 9.17) is 10.9 Å². The van der Waals surface area contributed by atoms with E-state index in [1.54, 1.807) is 4.90 Å². The molecule has 92 valence electrons. The molecule has 3 N–H and O–H groups in total. The molecule has 0 spiro atoms. The van der Waals surface area contributed by atoms with Gasteiger partial charge >= 0.3 is 0 Å². The SMILES string of the molecule is CCCN(CC)C(=O)C1(C(N)=NO)CCC1. The lowest BCUT2D eigenvalue weighted by Gasteiger charge is -2.42. The fourth-order valence-corrected chi connectivity index (χ4v) is 2.18. The van der Waals surface area contributed by atoms with Crippen molar-refractivity contribution in [3.05, 3.63) is 0 Å². The average molecular weight is 227 g/mol. The summed E-state index contributed by atoms with van der Waals surface area (Å²) in [6.45, 7) is 5.39. The van der Waals surface area contributed by atoms with Crippen LogP contribution in [0, 0.1) is 5.41 Å². The van der Waals surface area contributed by atoms with Crippen LogP contribution in [0.5, 0.6) is 0 Å². The smallest absolute Gasteiger partial charge is 0.236 e.